The van der Waals surface area contributed by atoms with E-state index in [0.29, 0.717) is 9.78 Å². The molecule has 2 rings (SSSR count). The molecule has 1 fully saturated rings. The molecule has 0 saturated heterocycles. The van der Waals surface area contributed by atoms with Crippen molar-refractivity contribution in [2.75, 3.05) is 6.61 Å². The van der Waals surface area contributed by atoms with Crippen molar-refractivity contribution >= 4 is 31.1 Å². The minimum absolute atomic E-state index is 0.0660. The summed E-state index contributed by atoms with van der Waals surface area (Å²) in [6.07, 6.45) is -1.17. The van der Waals surface area contributed by atoms with Crippen LogP contribution in [-0.4, -0.2) is 38.6 Å². The SMILES string of the molecule is CCOC(=O)[C@H]1[C@H](F)[C@@H]1C[Se]c1ccccc1[N+](=O)[O-]. The molecule has 0 aromatic heterocycles. The van der Waals surface area contributed by atoms with Gasteiger partial charge in [0.05, 0.1) is 0 Å². The summed E-state index contributed by atoms with van der Waals surface area (Å²) in [7, 11) is 0. The van der Waals surface area contributed by atoms with Gasteiger partial charge in [-0.05, 0) is 0 Å². The van der Waals surface area contributed by atoms with E-state index in [-0.39, 0.29) is 33.2 Å². The fourth-order valence-electron chi connectivity index (χ4n) is 1.99. The topological polar surface area (TPSA) is 69.4 Å². The molecular formula is C13H14FNO4Se. The Bertz CT molecular complexity index is 525. The summed E-state index contributed by atoms with van der Waals surface area (Å²) >= 11 is -0.222. The number of rotatable bonds is 6. The maximum atomic E-state index is 13.6. The summed E-state index contributed by atoms with van der Waals surface area (Å²) in [6, 6.07) is 6.47. The summed E-state index contributed by atoms with van der Waals surface area (Å²) in [5.74, 6) is -1.53. The standard InChI is InChI=1S/C13H14FNO4Se/c1-2-19-13(16)11-8(12(11)14)7-20-10-6-4-3-5-9(10)15(17)18/h3-6,8,11-12H,2,7H2,1H3/t8-,11-,12-/m1/s1. The second-order valence-corrected chi connectivity index (χ2v) is 6.65. The van der Waals surface area contributed by atoms with Gasteiger partial charge in [-0.15, -0.1) is 0 Å². The van der Waals surface area contributed by atoms with Gasteiger partial charge in [0.2, 0.25) is 0 Å². The number of hydrogen-bond acceptors (Lipinski definition) is 4. The molecule has 7 heteroatoms. The predicted molar refractivity (Wildman–Crippen MR) is 71.8 cm³/mol. The van der Waals surface area contributed by atoms with Crippen LogP contribution in [-0.2, 0) is 9.53 Å². The predicted octanol–water partition coefficient (Wildman–Crippen LogP) is 1.49. The zero-order valence-corrected chi connectivity index (χ0v) is 12.5. The summed E-state index contributed by atoms with van der Waals surface area (Å²) < 4.78 is 19.0. The van der Waals surface area contributed by atoms with Crippen LogP contribution in [0.5, 0.6) is 0 Å². The quantitative estimate of drug-likeness (QED) is 0.339. The van der Waals surface area contributed by atoms with E-state index in [0.717, 1.165) is 0 Å². The molecule has 108 valence electrons. The van der Waals surface area contributed by atoms with Crippen molar-refractivity contribution in [3.8, 4) is 0 Å². The van der Waals surface area contributed by atoms with Crippen LogP contribution >= 0.6 is 0 Å². The Morgan fingerprint density at radius 1 is 1.50 bits per heavy atom. The van der Waals surface area contributed by atoms with E-state index >= 15 is 0 Å². The van der Waals surface area contributed by atoms with Crippen molar-refractivity contribution < 1.29 is 18.8 Å². The van der Waals surface area contributed by atoms with Gasteiger partial charge in [-0.1, -0.05) is 0 Å². The number of hydrogen-bond donors (Lipinski definition) is 0. The summed E-state index contributed by atoms with van der Waals surface area (Å²) in [4.78, 5) is 21.9. The summed E-state index contributed by atoms with van der Waals surface area (Å²) in [5.41, 5.74) is 0.0660. The Balaban J connectivity index is 1.94. The van der Waals surface area contributed by atoms with E-state index < -0.39 is 23.0 Å². The van der Waals surface area contributed by atoms with Crippen LogP contribution in [0.15, 0.2) is 24.3 Å². The second-order valence-electron chi connectivity index (χ2n) is 4.42. The maximum absolute atomic E-state index is 13.6. The van der Waals surface area contributed by atoms with Crippen molar-refractivity contribution in [3.05, 3.63) is 34.4 Å². The molecule has 1 saturated carbocycles. The number of para-hydroxylation sites is 1. The van der Waals surface area contributed by atoms with Gasteiger partial charge >= 0.3 is 121 Å². The molecule has 0 heterocycles. The van der Waals surface area contributed by atoms with Crippen LogP contribution in [0.25, 0.3) is 0 Å². The Morgan fingerprint density at radius 3 is 2.85 bits per heavy atom. The fraction of sp³-hybridized carbons (Fsp3) is 0.462. The number of esters is 1. The van der Waals surface area contributed by atoms with Gasteiger partial charge in [0.15, 0.2) is 0 Å². The molecule has 0 bridgehead atoms. The van der Waals surface area contributed by atoms with Crippen molar-refractivity contribution in [1.29, 1.82) is 0 Å². The average Bonchev–Trinajstić information content (AvgIpc) is 3.07. The molecule has 0 aliphatic heterocycles. The zero-order chi connectivity index (χ0) is 14.7. The Morgan fingerprint density at radius 2 is 2.20 bits per heavy atom. The van der Waals surface area contributed by atoms with Gasteiger partial charge in [-0.25, -0.2) is 0 Å². The molecule has 5 nitrogen and oxygen atoms in total. The first-order valence-corrected chi connectivity index (χ1v) is 8.30. The third kappa shape index (κ3) is 3.16. The third-order valence-corrected chi connectivity index (χ3v) is 5.66. The van der Waals surface area contributed by atoms with Crippen LogP contribution in [0.1, 0.15) is 6.92 Å². The minimum atomic E-state index is -1.17. The number of alkyl halides is 1. The molecule has 3 atom stereocenters. The zero-order valence-electron chi connectivity index (χ0n) is 10.8. The molecule has 1 aromatic carbocycles. The molecule has 0 spiro atoms. The number of ether oxygens (including phenoxy) is 1. The first-order valence-electron chi connectivity index (χ1n) is 6.23. The Kier molecular flexibility index (Phi) is 4.73. The number of carbonyl (C=O) groups is 1. The van der Waals surface area contributed by atoms with E-state index in [9.17, 15) is 19.3 Å². The van der Waals surface area contributed by atoms with Gasteiger partial charge in [-0.3, -0.25) is 0 Å². The van der Waals surface area contributed by atoms with E-state index in [2.05, 4.69) is 0 Å². The van der Waals surface area contributed by atoms with Gasteiger partial charge in [-0.2, -0.15) is 0 Å². The van der Waals surface area contributed by atoms with Crippen molar-refractivity contribution in [2.45, 2.75) is 18.4 Å². The Hall–Kier alpha value is -1.46. The molecule has 1 aliphatic carbocycles. The normalized spacial score (nSPS) is 24.2. The average molecular weight is 346 g/mol. The number of carbonyl (C=O) groups excluding carboxylic acids is 1. The van der Waals surface area contributed by atoms with Gasteiger partial charge in [0.1, 0.15) is 0 Å². The molecule has 0 N–H and O–H groups in total. The number of halogens is 1. The number of benzene rings is 1. The number of nitro groups is 1. The molecule has 0 amide bonds. The van der Waals surface area contributed by atoms with Crippen LogP contribution in [0, 0.1) is 22.0 Å². The van der Waals surface area contributed by atoms with E-state index in [4.69, 9.17) is 4.74 Å². The first-order chi connectivity index (χ1) is 9.56. The van der Waals surface area contributed by atoms with Crippen LogP contribution in [0.4, 0.5) is 10.1 Å². The monoisotopic (exact) mass is 347 g/mol. The van der Waals surface area contributed by atoms with E-state index in [1.54, 1.807) is 25.1 Å². The molecule has 1 aliphatic rings. The van der Waals surface area contributed by atoms with Crippen LogP contribution < -0.4 is 4.46 Å². The third-order valence-electron chi connectivity index (χ3n) is 3.12. The molecule has 0 radical (unpaired) electrons. The molecule has 1 aromatic rings. The fourth-order valence-corrected chi connectivity index (χ4v) is 4.56. The van der Waals surface area contributed by atoms with Crippen LogP contribution in [0.3, 0.4) is 0 Å². The van der Waals surface area contributed by atoms with Crippen LogP contribution in [0.2, 0.25) is 5.32 Å². The van der Waals surface area contributed by atoms with Crippen molar-refractivity contribution in [2.24, 2.45) is 11.8 Å². The van der Waals surface area contributed by atoms with Gasteiger partial charge in [0, 0.05) is 0 Å². The van der Waals surface area contributed by atoms with E-state index in [1.165, 1.54) is 6.07 Å². The van der Waals surface area contributed by atoms with E-state index in [1.807, 2.05) is 0 Å². The summed E-state index contributed by atoms with van der Waals surface area (Å²) in [5, 5.41) is 11.3. The number of nitrogens with zero attached hydrogens (tertiary/aromatic N) is 1. The van der Waals surface area contributed by atoms with Gasteiger partial charge < -0.3 is 0 Å². The second kappa shape index (κ2) is 6.33. The first kappa shape index (κ1) is 14.9. The van der Waals surface area contributed by atoms with Crippen molar-refractivity contribution in [3.63, 3.8) is 0 Å². The molecule has 20 heavy (non-hydrogen) atoms. The molecular weight excluding hydrogens is 332 g/mol. The van der Waals surface area contributed by atoms with Crippen molar-refractivity contribution in [1.82, 2.24) is 0 Å². The molecule has 0 unspecified atom stereocenters. The van der Waals surface area contributed by atoms with Gasteiger partial charge in [0.25, 0.3) is 0 Å². The summed E-state index contributed by atoms with van der Waals surface area (Å²) in [6.45, 7) is 1.92. The Labute approximate surface area is 121 Å². The number of nitro benzene ring substituents is 1.